The Morgan fingerprint density at radius 3 is 2.30 bits per heavy atom. The molecule has 0 atom stereocenters. The first-order valence-corrected chi connectivity index (χ1v) is 3.59. The highest BCUT2D eigenvalue weighted by Gasteiger charge is 2.18. The van der Waals surface area contributed by atoms with E-state index in [0.29, 0.717) is 0 Å². The van der Waals surface area contributed by atoms with E-state index in [1.54, 1.807) is 0 Å². The van der Waals surface area contributed by atoms with Crippen LogP contribution in [0, 0.1) is 0 Å². The van der Waals surface area contributed by atoms with Gasteiger partial charge in [-0.15, -0.1) is 0 Å². The molecule has 0 saturated heterocycles. The molecule has 0 radical (unpaired) electrons. The van der Waals surface area contributed by atoms with Gasteiger partial charge in [-0.25, -0.2) is 4.79 Å². The van der Waals surface area contributed by atoms with E-state index < -0.39 is 9.89 Å². The van der Waals surface area contributed by atoms with Gasteiger partial charge < -0.3 is 10.4 Å². The maximum absolute atomic E-state index is 9.84. The fourth-order valence-electron chi connectivity index (χ4n) is 0.311. The summed E-state index contributed by atoms with van der Waals surface area (Å²) in [5, 5.41) is 10.1. The lowest BCUT2D eigenvalue weighted by atomic mass is 10.5. The van der Waals surface area contributed by atoms with E-state index in [2.05, 4.69) is 5.32 Å². The number of carboxylic acid groups (broad SMARTS) is 1. The normalized spacial score (nSPS) is 11.1. The number of nitrogens with one attached hydrogen (secondary N) is 1. The molecule has 0 bridgehead atoms. The van der Waals surface area contributed by atoms with Gasteiger partial charge in [0.15, 0.2) is 3.79 Å². The lowest BCUT2D eigenvalue weighted by Crippen LogP contribution is -2.24. The average Bonchev–Trinajstić information content (AvgIpc) is 1.59. The predicted octanol–water partition coefficient (Wildman–Crippen LogP) is 2.01. The fraction of sp³-hybridized carbons (Fsp3) is 0.750. The summed E-state index contributed by atoms with van der Waals surface area (Å²) in [4.78, 5) is 9.84. The minimum atomic E-state index is -1.37. The summed E-state index contributed by atoms with van der Waals surface area (Å²) < 4.78 is -1.37. The second-order valence-electron chi connectivity index (χ2n) is 1.60. The van der Waals surface area contributed by atoms with E-state index >= 15 is 0 Å². The molecule has 0 saturated carbocycles. The summed E-state index contributed by atoms with van der Waals surface area (Å²) in [7, 11) is 0. The standard InChI is InChI=1S/C4H6Cl3NO2/c5-4(6,7)1-2-8-3(9)10/h8H,1-2H2,(H,9,10). The van der Waals surface area contributed by atoms with Gasteiger partial charge in [0, 0.05) is 13.0 Å². The van der Waals surface area contributed by atoms with E-state index in [9.17, 15) is 4.79 Å². The van der Waals surface area contributed by atoms with Crippen molar-refractivity contribution in [3.63, 3.8) is 0 Å². The van der Waals surface area contributed by atoms with Crippen molar-refractivity contribution in [3.8, 4) is 0 Å². The molecule has 10 heavy (non-hydrogen) atoms. The van der Waals surface area contributed by atoms with Gasteiger partial charge in [-0.05, 0) is 0 Å². The van der Waals surface area contributed by atoms with Crippen molar-refractivity contribution >= 4 is 40.9 Å². The van der Waals surface area contributed by atoms with Gasteiger partial charge in [-0.2, -0.15) is 0 Å². The molecular weight excluding hydrogens is 200 g/mol. The van der Waals surface area contributed by atoms with Crippen molar-refractivity contribution in [2.75, 3.05) is 6.54 Å². The van der Waals surface area contributed by atoms with Crippen LogP contribution >= 0.6 is 34.8 Å². The van der Waals surface area contributed by atoms with E-state index in [1.165, 1.54) is 0 Å². The van der Waals surface area contributed by atoms with Crippen LogP contribution in [0.15, 0.2) is 0 Å². The third-order valence-corrected chi connectivity index (χ3v) is 1.25. The average molecular weight is 206 g/mol. The lowest BCUT2D eigenvalue weighted by Gasteiger charge is -2.08. The Balaban J connectivity index is 3.29. The Labute approximate surface area is 73.2 Å². The molecule has 0 aliphatic rings. The maximum atomic E-state index is 9.84. The molecular formula is C4H6Cl3NO2. The summed E-state index contributed by atoms with van der Waals surface area (Å²) in [5.41, 5.74) is 0. The van der Waals surface area contributed by atoms with E-state index in [-0.39, 0.29) is 13.0 Å². The molecule has 0 aromatic carbocycles. The molecule has 0 fully saturated rings. The largest absolute Gasteiger partial charge is 0.465 e. The van der Waals surface area contributed by atoms with Crippen LogP contribution in [0.4, 0.5) is 4.79 Å². The monoisotopic (exact) mass is 205 g/mol. The molecule has 0 aliphatic carbocycles. The fourth-order valence-corrected chi connectivity index (χ4v) is 0.595. The molecule has 3 nitrogen and oxygen atoms in total. The molecule has 0 aromatic rings. The molecule has 2 N–H and O–H groups in total. The summed E-state index contributed by atoms with van der Waals surface area (Å²) in [5.74, 6) is 0. The number of amides is 1. The van der Waals surface area contributed by atoms with Crippen LogP contribution in [-0.2, 0) is 0 Å². The zero-order valence-electron chi connectivity index (χ0n) is 4.90. The smallest absolute Gasteiger partial charge is 0.404 e. The highest BCUT2D eigenvalue weighted by Crippen LogP contribution is 2.29. The van der Waals surface area contributed by atoms with Crippen LogP contribution in [-0.4, -0.2) is 21.5 Å². The van der Waals surface area contributed by atoms with Gasteiger partial charge >= 0.3 is 6.09 Å². The number of hydrogen-bond donors (Lipinski definition) is 2. The Kier molecular flexibility index (Phi) is 4.17. The molecule has 0 heterocycles. The minimum absolute atomic E-state index is 0.145. The van der Waals surface area contributed by atoms with Crippen LogP contribution in [0.2, 0.25) is 0 Å². The zero-order valence-corrected chi connectivity index (χ0v) is 7.17. The summed E-state index contributed by atoms with van der Waals surface area (Å²) >= 11 is 15.9. The van der Waals surface area contributed by atoms with Crippen LogP contribution in [0.5, 0.6) is 0 Å². The van der Waals surface area contributed by atoms with Crippen LogP contribution in [0.3, 0.4) is 0 Å². The van der Waals surface area contributed by atoms with Gasteiger partial charge in [-0.1, -0.05) is 34.8 Å². The minimum Gasteiger partial charge on any atom is -0.465 e. The van der Waals surface area contributed by atoms with Gasteiger partial charge in [0.2, 0.25) is 0 Å². The summed E-state index contributed by atoms with van der Waals surface area (Å²) in [6.45, 7) is 0.145. The number of alkyl halides is 3. The highest BCUT2D eigenvalue weighted by molar-refractivity contribution is 6.67. The predicted molar refractivity (Wildman–Crippen MR) is 40.9 cm³/mol. The molecule has 0 aromatic heterocycles. The third kappa shape index (κ3) is 8.14. The van der Waals surface area contributed by atoms with E-state index in [1.807, 2.05) is 0 Å². The van der Waals surface area contributed by atoms with E-state index in [0.717, 1.165) is 0 Å². The first kappa shape index (κ1) is 10.1. The van der Waals surface area contributed by atoms with Crippen LogP contribution in [0.1, 0.15) is 6.42 Å². The Morgan fingerprint density at radius 2 is 2.00 bits per heavy atom. The van der Waals surface area contributed by atoms with Crippen molar-refractivity contribution in [1.82, 2.24) is 5.32 Å². The van der Waals surface area contributed by atoms with Crippen LogP contribution < -0.4 is 5.32 Å². The Morgan fingerprint density at radius 1 is 1.50 bits per heavy atom. The van der Waals surface area contributed by atoms with Crippen molar-refractivity contribution in [1.29, 1.82) is 0 Å². The van der Waals surface area contributed by atoms with Gasteiger partial charge in [0.1, 0.15) is 0 Å². The van der Waals surface area contributed by atoms with Gasteiger partial charge in [-0.3, -0.25) is 0 Å². The third-order valence-electron chi connectivity index (χ3n) is 0.685. The number of halogens is 3. The SMILES string of the molecule is O=C(O)NCCC(Cl)(Cl)Cl. The second kappa shape index (κ2) is 4.11. The molecule has 0 unspecified atom stereocenters. The second-order valence-corrected chi connectivity index (χ2v) is 4.11. The summed E-state index contributed by atoms with van der Waals surface area (Å²) in [6, 6.07) is 0. The molecule has 0 spiro atoms. The van der Waals surface area contributed by atoms with Crippen molar-refractivity contribution in [2.45, 2.75) is 10.2 Å². The number of hydrogen-bond acceptors (Lipinski definition) is 1. The first-order valence-electron chi connectivity index (χ1n) is 2.45. The highest BCUT2D eigenvalue weighted by atomic mass is 35.6. The van der Waals surface area contributed by atoms with Crippen molar-refractivity contribution in [2.24, 2.45) is 0 Å². The van der Waals surface area contributed by atoms with Gasteiger partial charge in [0.25, 0.3) is 0 Å². The number of carbonyl (C=O) groups is 1. The molecule has 0 rings (SSSR count). The Hall–Kier alpha value is 0.140. The molecule has 6 heteroatoms. The maximum Gasteiger partial charge on any atom is 0.404 e. The lowest BCUT2D eigenvalue weighted by molar-refractivity contribution is 0.194. The van der Waals surface area contributed by atoms with E-state index in [4.69, 9.17) is 39.9 Å². The topological polar surface area (TPSA) is 49.3 Å². The molecule has 1 amide bonds. The summed E-state index contributed by atoms with van der Waals surface area (Å²) in [6.07, 6.45) is -0.946. The number of rotatable bonds is 2. The molecule has 0 aliphatic heterocycles. The first-order chi connectivity index (χ1) is 4.42. The molecule has 60 valence electrons. The zero-order chi connectivity index (χ0) is 8.20. The van der Waals surface area contributed by atoms with Crippen molar-refractivity contribution in [3.05, 3.63) is 0 Å². The quantitative estimate of drug-likeness (QED) is 0.679. The van der Waals surface area contributed by atoms with Crippen molar-refractivity contribution < 1.29 is 9.90 Å². The van der Waals surface area contributed by atoms with Crippen LogP contribution in [0.25, 0.3) is 0 Å². The Bertz CT molecular complexity index is 122. The van der Waals surface area contributed by atoms with Gasteiger partial charge in [0.05, 0.1) is 0 Å².